The predicted molar refractivity (Wildman–Crippen MR) is 65.6 cm³/mol. The number of nitrogens with one attached hydrogen (secondary N) is 1. The van der Waals surface area contributed by atoms with E-state index in [0.29, 0.717) is 0 Å². The van der Waals surface area contributed by atoms with Crippen LogP contribution in [0.3, 0.4) is 0 Å². The van der Waals surface area contributed by atoms with Crippen LogP contribution in [0, 0.1) is 0 Å². The molecule has 0 aliphatic carbocycles. The van der Waals surface area contributed by atoms with Crippen molar-refractivity contribution < 1.29 is 13.2 Å². The van der Waals surface area contributed by atoms with Gasteiger partial charge in [-0.1, -0.05) is 12.1 Å². The van der Waals surface area contributed by atoms with Crippen LogP contribution in [0.5, 0.6) is 0 Å². The van der Waals surface area contributed by atoms with Crippen LogP contribution in [0.25, 0.3) is 0 Å². The minimum absolute atomic E-state index is 0.219. The summed E-state index contributed by atoms with van der Waals surface area (Å²) in [6.45, 7) is 0. The second kappa shape index (κ2) is 5.05. The molecule has 0 radical (unpaired) electrons. The number of hydrogen-bond donors (Lipinski definition) is 1. The van der Waals surface area contributed by atoms with Gasteiger partial charge in [-0.05, 0) is 30.8 Å². The van der Waals surface area contributed by atoms with Crippen molar-refractivity contribution in [2.45, 2.75) is 12.2 Å². The fourth-order valence-corrected chi connectivity index (χ4v) is 1.94. The van der Waals surface area contributed by atoms with Crippen LogP contribution in [0.1, 0.15) is 22.9 Å². The third kappa shape index (κ3) is 2.96. The molecule has 1 aromatic carbocycles. The van der Waals surface area contributed by atoms with Gasteiger partial charge in [0.2, 0.25) is 0 Å². The standard InChI is InChI=1S/C13H14F3N3/c1-17-12(11-7-8-19(2)18-11)9-3-5-10(6-4-9)13(14,15)16/h3-8,12,17H,1-2H3. The van der Waals surface area contributed by atoms with Crippen molar-refractivity contribution in [3.8, 4) is 0 Å². The molecule has 0 amide bonds. The molecule has 1 N–H and O–H groups in total. The topological polar surface area (TPSA) is 29.9 Å². The number of hydrogen-bond acceptors (Lipinski definition) is 2. The molecule has 0 fully saturated rings. The van der Waals surface area contributed by atoms with Crippen molar-refractivity contribution in [3.05, 3.63) is 53.3 Å². The highest BCUT2D eigenvalue weighted by atomic mass is 19.4. The zero-order valence-electron chi connectivity index (χ0n) is 10.6. The van der Waals surface area contributed by atoms with E-state index < -0.39 is 11.7 Å². The summed E-state index contributed by atoms with van der Waals surface area (Å²) in [7, 11) is 3.54. The Morgan fingerprint density at radius 3 is 2.21 bits per heavy atom. The van der Waals surface area contributed by atoms with Crippen LogP contribution in [0.15, 0.2) is 36.5 Å². The Morgan fingerprint density at radius 2 is 1.79 bits per heavy atom. The Kier molecular flexibility index (Phi) is 3.61. The van der Waals surface area contributed by atoms with Crippen molar-refractivity contribution in [2.24, 2.45) is 7.05 Å². The monoisotopic (exact) mass is 269 g/mol. The van der Waals surface area contributed by atoms with Crippen LogP contribution in [-0.4, -0.2) is 16.8 Å². The van der Waals surface area contributed by atoms with Crippen LogP contribution >= 0.6 is 0 Å². The van der Waals surface area contributed by atoms with Gasteiger partial charge >= 0.3 is 6.18 Å². The van der Waals surface area contributed by atoms with E-state index in [1.165, 1.54) is 12.1 Å². The van der Waals surface area contributed by atoms with Crippen molar-refractivity contribution in [2.75, 3.05) is 7.05 Å². The third-order valence-electron chi connectivity index (χ3n) is 2.89. The second-order valence-electron chi connectivity index (χ2n) is 4.26. The first-order chi connectivity index (χ1) is 8.91. The van der Waals surface area contributed by atoms with Gasteiger partial charge in [0.1, 0.15) is 0 Å². The van der Waals surface area contributed by atoms with E-state index in [1.54, 1.807) is 25.0 Å². The lowest BCUT2D eigenvalue weighted by molar-refractivity contribution is -0.137. The first-order valence-corrected chi connectivity index (χ1v) is 5.76. The highest BCUT2D eigenvalue weighted by molar-refractivity contribution is 5.31. The Hall–Kier alpha value is -1.82. The molecular formula is C13H14F3N3. The van der Waals surface area contributed by atoms with Gasteiger partial charge in [0.05, 0.1) is 17.3 Å². The van der Waals surface area contributed by atoms with Gasteiger partial charge < -0.3 is 5.32 Å². The summed E-state index contributed by atoms with van der Waals surface area (Å²) in [6.07, 6.45) is -2.51. The molecule has 0 bridgehead atoms. The molecule has 1 heterocycles. The van der Waals surface area contributed by atoms with Crippen molar-refractivity contribution >= 4 is 0 Å². The Bertz CT molecular complexity index is 543. The van der Waals surface area contributed by atoms with Crippen LogP contribution in [0.4, 0.5) is 13.2 Å². The highest BCUT2D eigenvalue weighted by Crippen LogP contribution is 2.30. The van der Waals surface area contributed by atoms with Crippen LogP contribution in [0.2, 0.25) is 0 Å². The minimum Gasteiger partial charge on any atom is -0.308 e. The van der Waals surface area contributed by atoms with Crippen molar-refractivity contribution in [1.29, 1.82) is 0 Å². The Balaban J connectivity index is 2.30. The quantitative estimate of drug-likeness (QED) is 0.928. The van der Waals surface area contributed by atoms with Crippen molar-refractivity contribution in [1.82, 2.24) is 15.1 Å². The van der Waals surface area contributed by atoms with Gasteiger partial charge in [0.25, 0.3) is 0 Å². The Morgan fingerprint density at radius 1 is 1.16 bits per heavy atom. The summed E-state index contributed by atoms with van der Waals surface area (Å²) in [5.41, 5.74) is 0.867. The van der Waals surface area contributed by atoms with Gasteiger partial charge in [-0.2, -0.15) is 18.3 Å². The van der Waals surface area contributed by atoms with Gasteiger partial charge in [-0.3, -0.25) is 4.68 Å². The molecule has 1 aromatic heterocycles. The smallest absolute Gasteiger partial charge is 0.308 e. The summed E-state index contributed by atoms with van der Waals surface area (Å²) >= 11 is 0. The SMILES string of the molecule is CNC(c1ccc(C(F)(F)F)cc1)c1ccn(C)n1. The fourth-order valence-electron chi connectivity index (χ4n) is 1.94. The largest absolute Gasteiger partial charge is 0.416 e. The zero-order chi connectivity index (χ0) is 14.0. The van der Waals surface area contributed by atoms with E-state index in [9.17, 15) is 13.2 Å². The van der Waals surface area contributed by atoms with Gasteiger partial charge in [-0.25, -0.2) is 0 Å². The number of nitrogens with zero attached hydrogens (tertiary/aromatic N) is 2. The maximum atomic E-state index is 12.5. The molecule has 1 unspecified atom stereocenters. The molecule has 0 saturated carbocycles. The lowest BCUT2D eigenvalue weighted by Gasteiger charge is -2.15. The lowest BCUT2D eigenvalue weighted by atomic mass is 10.0. The van der Waals surface area contributed by atoms with Gasteiger partial charge in [0, 0.05) is 13.2 Å². The zero-order valence-corrected chi connectivity index (χ0v) is 10.6. The molecule has 0 spiro atoms. The molecular weight excluding hydrogens is 255 g/mol. The van der Waals surface area contributed by atoms with E-state index in [-0.39, 0.29) is 6.04 Å². The Labute approximate surface area is 109 Å². The number of rotatable bonds is 3. The lowest BCUT2D eigenvalue weighted by Crippen LogP contribution is -2.18. The number of halogens is 3. The first kappa shape index (κ1) is 13.6. The average molecular weight is 269 g/mol. The first-order valence-electron chi connectivity index (χ1n) is 5.76. The molecule has 19 heavy (non-hydrogen) atoms. The number of benzene rings is 1. The normalized spacial score (nSPS) is 13.5. The predicted octanol–water partition coefficient (Wildman–Crippen LogP) is 2.75. The van der Waals surface area contributed by atoms with Gasteiger partial charge in [0.15, 0.2) is 0 Å². The summed E-state index contributed by atoms with van der Waals surface area (Å²) in [6, 6.07) is 6.73. The minimum atomic E-state index is -4.31. The van der Waals surface area contributed by atoms with E-state index in [2.05, 4.69) is 10.4 Å². The molecule has 102 valence electrons. The maximum absolute atomic E-state index is 12.5. The summed E-state index contributed by atoms with van der Waals surface area (Å²) < 4.78 is 39.1. The maximum Gasteiger partial charge on any atom is 0.416 e. The van der Waals surface area contributed by atoms with E-state index in [0.717, 1.165) is 23.4 Å². The number of alkyl halides is 3. The number of aromatic nitrogens is 2. The summed E-state index contributed by atoms with van der Waals surface area (Å²) in [4.78, 5) is 0. The molecule has 2 rings (SSSR count). The van der Waals surface area contributed by atoms with E-state index in [4.69, 9.17) is 0 Å². The molecule has 1 atom stereocenters. The van der Waals surface area contributed by atoms with Crippen molar-refractivity contribution in [3.63, 3.8) is 0 Å². The second-order valence-corrected chi connectivity index (χ2v) is 4.26. The van der Waals surface area contributed by atoms with E-state index in [1.807, 2.05) is 6.07 Å². The van der Waals surface area contributed by atoms with Crippen LogP contribution in [-0.2, 0) is 13.2 Å². The molecule has 0 saturated heterocycles. The fraction of sp³-hybridized carbons (Fsp3) is 0.308. The molecule has 3 nitrogen and oxygen atoms in total. The third-order valence-corrected chi connectivity index (χ3v) is 2.89. The van der Waals surface area contributed by atoms with Gasteiger partial charge in [-0.15, -0.1) is 0 Å². The molecule has 2 aromatic rings. The molecule has 0 aliphatic rings. The van der Waals surface area contributed by atoms with E-state index >= 15 is 0 Å². The highest BCUT2D eigenvalue weighted by Gasteiger charge is 2.30. The summed E-state index contributed by atoms with van der Waals surface area (Å²) in [5.74, 6) is 0. The van der Waals surface area contributed by atoms with Crippen LogP contribution < -0.4 is 5.32 Å². The summed E-state index contributed by atoms with van der Waals surface area (Å²) in [5, 5.41) is 7.31. The molecule has 6 heteroatoms. The average Bonchev–Trinajstić information content (AvgIpc) is 2.76. The molecule has 0 aliphatic heterocycles. The number of aryl methyl sites for hydroxylation is 1.